The van der Waals surface area contributed by atoms with E-state index in [-0.39, 0.29) is 12.3 Å². The van der Waals surface area contributed by atoms with E-state index < -0.39 is 12.0 Å². The lowest BCUT2D eigenvalue weighted by Gasteiger charge is -2.13. The Morgan fingerprint density at radius 1 is 1.50 bits per heavy atom. The molecule has 1 atom stereocenters. The predicted molar refractivity (Wildman–Crippen MR) is 69.2 cm³/mol. The molecule has 100 valence electrons. The number of hydrogen-bond acceptors (Lipinski definition) is 4. The number of rotatable bonds is 6. The van der Waals surface area contributed by atoms with Gasteiger partial charge < -0.3 is 15.2 Å². The van der Waals surface area contributed by atoms with Gasteiger partial charge in [-0.2, -0.15) is 0 Å². The van der Waals surface area contributed by atoms with Crippen LogP contribution in [0.3, 0.4) is 0 Å². The molecule has 6 heteroatoms. The Hall–Kier alpha value is -1.40. The minimum Gasteiger partial charge on any atom is -0.480 e. The maximum atomic E-state index is 11.9. The highest BCUT2D eigenvalue weighted by Gasteiger charge is 2.21. The molecular weight excluding hydrogens is 254 g/mol. The highest BCUT2D eigenvalue weighted by molar-refractivity contribution is 7.12. The van der Waals surface area contributed by atoms with Gasteiger partial charge in [0.2, 0.25) is 0 Å². The number of methoxy groups -OCH3 is 1. The summed E-state index contributed by atoms with van der Waals surface area (Å²) in [6.07, 6.45) is 0.250. The number of aryl methyl sites for hydroxylation is 2. The molecule has 0 saturated heterocycles. The number of carboxylic acid groups (broad SMARTS) is 1. The third-order valence-corrected chi connectivity index (χ3v) is 3.47. The lowest BCUT2D eigenvalue weighted by Crippen LogP contribution is -2.41. The first kappa shape index (κ1) is 14.7. The van der Waals surface area contributed by atoms with E-state index in [1.165, 1.54) is 18.4 Å². The zero-order valence-electron chi connectivity index (χ0n) is 10.6. The van der Waals surface area contributed by atoms with Gasteiger partial charge in [0.1, 0.15) is 6.04 Å². The number of carbonyl (C=O) groups is 2. The average molecular weight is 271 g/mol. The van der Waals surface area contributed by atoms with Crippen molar-refractivity contribution >= 4 is 23.2 Å². The highest BCUT2D eigenvalue weighted by atomic mass is 32.1. The molecule has 1 aromatic rings. The molecule has 0 bridgehead atoms. The van der Waals surface area contributed by atoms with E-state index in [0.717, 1.165) is 9.75 Å². The molecule has 18 heavy (non-hydrogen) atoms. The summed E-state index contributed by atoms with van der Waals surface area (Å²) >= 11 is 1.52. The molecule has 1 amide bonds. The molecule has 0 fully saturated rings. The molecule has 1 rings (SSSR count). The standard InChI is InChI=1S/C12H17NO4S/c1-7-6-9(8(2)18-7)11(14)13-10(12(15)16)4-5-17-3/h6,10H,4-5H2,1-3H3,(H,13,14)(H,15,16). The topological polar surface area (TPSA) is 75.6 Å². The molecule has 0 aliphatic carbocycles. The fourth-order valence-electron chi connectivity index (χ4n) is 1.59. The van der Waals surface area contributed by atoms with Gasteiger partial charge in [-0.3, -0.25) is 4.79 Å². The summed E-state index contributed by atoms with van der Waals surface area (Å²) in [6.45, 7) is 4.05. The van der Waals surface area contributed by atoms with Crippen molar-refractivity contribution < 1.29 is 19.4 Å². The van der Waals surface area contributed by atoms with Gasteiger partial charge >= 0.3 is 5.97 Å². The number of carbonyl (C=O) groups excluding carboxylic acids is 1. The fourth-order valence-corrected chi connectivity index (χ4v) is 2.51. The molecule has 1 aromatic heterocycles. The first-order chi connectivity index (χ1) is 8.45. The van der Waals surface area contributed by atoms with Crippen LogP contribution in [0.1, 0.15) is 26.5 Å². The van der Waals surface area contributed by atoms with E-state index in [1.54, 1.807) is 6.07 Å². The summed E-state index contributed by atoms with van der Waals surface area (Å²) in [7, 11) is 1.49. The number of carboxylic acids is 1. The van der Waals surface area contributed by atoms with Gasteiger partial charge in [-0.15, -0.1) is 11.3 Å². The van der Waals surface area contributed by atoms with Crippen molar-refractivity contribution in [3.8, 4) is 0 Å². The number of aliphatic carboxylic acids is 1. The van der Waals surface area contributed by atoms with Crippen LogP contribution < -0.4 is 5.32 Å². The van der Waals surface area contributed by atoms with Crippen LogP contribution in [0.4, 0.5) is 0 Å². The van der Waals surface area contributed by atoms with E-state index in [1.807, 2.05) is 13.8 Å². The van der Waals surface area contributed by atoms with Gasteiger partial charge in [-0.1, -0.05) is 0 Å². The van der Waals surface area contributed by atoms with Gasteiger partial charge in [0.15, 0.2) is 0 Å². The lowest BCUT2D eigenvalue weighted by molar-refractivity contribution is -0.139. The molecule has 0 saturated carbocycles. The molecule has 0 aromatic carbocycles. The maximum absolute atomic E-state index is 11.9. The first-order valence-electron chi connectivity index (χ1n) is 5.55. The van der Waals surface area contributed by atoms with E-state index in [0.29, 0.717) is 12.2 Å². The minimum absolute atomic E-state index is 0.250. The summed E-state index contributed by atoms with van der Waals surface area (Å²) in [5, 5.41) is 11.5. The van der Waals surface area contributed by atoms with Gasteiger partial charge in [0.25, 0.3) is 5.91 Å². The van der Waals surface area contributed by atoms with Crippen molar-refractivity contribution in [3.05, 3.63) is 21.4 Å². The Morgan fingerprint density at radius 2 is 2.17 bits per heavy atom. The van der Waals surface area contributed by atoms with Crippen molar-refractivity contribution in [2.24, 2.45) is 0 Å². The summed E-state index contributed by atoms with van der Waals surface area (Å²) in [6, 6.07) is 0.849. The van der Waals surface area contributed by atoms with Crippen molar-refractivity contribution in [1.82, 2.24) is 5.32 Å². The first-order valence-corrected chi connectivity index (χ1v) is 6.37. The lowest BCUT2D eigenvalue weighted by atomic mass is 10.2. The molecular formula is C12H17NO4S. The SMILES string of the molecule is COCCC(NC(=O)c1cc(C)sc1C)C(=O)O. The molecule has 1 unspecified atom stereocenters. The van der Waals surface area contributed by atoms with Gasteiger partial charge in [-0.25, -0.2) is 4.79 Å². The number of amides is 1. The van der Waals surface area contributed by atoms with E-state index in [4.69, 9.17) is 9.84 Å². The quantitative estimate of drug-likeness (QED) is 0.823. The van der Waals surface area contributed by atoms with Gasteiger partial charge in [0.05, 0.1) is 5.56 Å². The number of hydrogen-bond donors (Lipinski definition) is 2. The van der Waals surface area contributed by atoms with Crippen LogP contribution in [0.5, 0.6) is 0 Å². The van der Waals surface area contributed by atoms with Crippen LogP contribution in [0, 0.1) is 13.8 Å². The third-order valence-electron chi connectivity index (χ3n) is 2.50. The van der Waals surface area contributed by atoms with Crippen LogP contribution >= 0.6 is 11.3 Å². The molecule has 0 radical (unpaired) electrons. The smallest absolute Gasteiger partial charge is 0.326 e. The van der Waals surface area contributed by atoms with E-state index >= 15 is 0 Å². The summed E-state index contributed by atoms with van der Waals surface area (Å²) in [5.41, 5.74) is 0.543. The van der Waals surface area contributed by atoms with Crippen LogP contribution in [-0.2, 0) is 9.53 Å². The third kappa shape index (κ3) is 3.82. The van der Waals surface area contributed by atoms with Crippen molar-refractivity contribution in [2.45, 2.75) is 26.3 Å². The Labute approximate surface area is 110 Å². The number of thiophene rings is 1. The van der Waals surface area contributed by atoms with Crippen molar-refractivity contribution in [3.63, 3.8) is 0 Å². The van der Waals surface area contributed by atoms with Crippen molar-refractivity contribution in [1.29, 1.82) is 0 Å². The van der Waals surface area contributed by atoms with Gasteiger partial charge in [0, 0.05) is 29.9 Å². The second-order valence-electron chi connectivity index (χ2n) is 3.97. The zero-order chi connectivity index (χ0) is 13.7. The zero-order valence-corrected chi connectivity index (χ0v) is 11.5. The summed E-state index contributed by atoms with van der Waals surface area (Å²) in [4.78, 5) is 24.9. The van der Waals surface area contributed by atoms with Crippen LogP contribution in [0.2, 0.25) is 0 Å². The van der Waals surface area contributed by atoms with Crippen molar-refractivity contribution in [2.75, 3.05) is 13.7 Å². The Bertz CT molecular complexity index is 441. The molecule has 0 spiro atoms. The predicted octanol–water partition coefficient (Wildman–Crippen LogP) is 1.58. The largest absolute Gasteiger partial charge is 0.480 e. The van der Waals surface area contributed by atoms with Crippen LogP contribution in [0.25, 0.3) is 0 Å². The number of nitrogens with one attached hydrogen (secondary N) is 1. The van der Waals surface area contributed by atoms with Gasteiger partial charge in [-0.05, 0) is 19.9 Å². The maximum Gasteiger partial charge on any atom is 0.326 e. The molecule has 0 aliphatic rings. The van der Waals surface area contributed by atoms with E-state index in [2.05, 4.69) is 5.32 Å². The normalized spacial score (nSPS) is 12.2. The van der Waals surface area contributed by atoms with E-state index in [9.17, 15) is 9.59 Å². The number of ether oxygens (including phenoxy) is 1. The molecule has 0 aliphatic heterocycles. The molecule has 2 N–H and O–H groups in total. The summed E-state index contributed by atoms with van der Waals surface area (Å²) < 4.78 is 4.83. The Kier molecular flexibility index (Phi) is 5.30. The molecule has 1 heterocycles. The summed E-state index contributed by atoms with van der Waals surface area (Å²) in [5.74, 6) is -1.40. The Balaban J connectivity index is 2.72. The second-order valence-corrected chi connectivity index (χ2v) is 5.43. The Morgan fingerprint density at radius 3 is 2.61 bits per heavy atom. The van der Waals surface area contributed by atoms with Crippen LogP contribution in [-0.4, -0.2) is 36.7 Å². The average Bonchev–Trinajstić information content (AvgIpc) is 2.63. The minimum atomic E-state index is -1.05. The second kappa shape index (κ2) is 6.51. The fraction of sp³-hybridized carbons (Fsp3) is 0.500. The highest BCUT2D eigenvalue weighted by Crippen LogP contribution is 2.20. The molecule has 5 nitrogen and oxygen atoms in total. The van der Waals surface area contributed by atoms with Crippen LogP contribution in [0.15, 0.2) is 6.07 Å². The monoisotopic (exact) mass is 271 g/mol.